The predicted molar refractivity (Wildman–Crippen MR) is 92.2 cm³/mol. The minimum atomic E-state index is -1.42. The quantitative estimate of drug-likeness (QED) is 0.789. The van der Waals surface area contributed by atoms with Gasteiger partial charge in [-0.3, -0.25) is 0 Å². The van der Waals surface area contributed by atoms with Crippen LogP contribution in [0.5, 0.6) is 17.4 Å². The lowest BCUT2D eigenvalue weighted by molar-refractivity contribution is 0.0237. The first-order valence-corrected chi connectivity index (χ1v) is 8.50. The Morgan fingerprint density at radius 2 is 1.96 bits per heavy atom. The number of benzene rings is 1. The summed E-state index contributed by atoms with van der Waals surface area (Å²) in [7, 11) is 0. The van der Waals surface area contributed by atoms with Crippen LogP contribution in [0.3, 0.4) is 0 Å². The SMILES string of the molecule is O=C(O)c1cc(Cl)c(Oc2cnc(OC3CCOCC3)c(Cl)c2)cc1F. The van der Waals surface area contributed by atoms with Crippen LogP contribution in [0.4, 0.5) is 4.39 Å². The molecule has 0 amide bonds. The standard InChI is InChI=1S/C17H14Cl2FNO5/c18-12-6-11(17(22)23)14(20)7-15(12)25-10-5-13(19)16(21-8-10)26-9-1-3-24-4-2-9/h5-9H,1-4H2,(H,22,23). The van der Waals surface area contributed by atoms with Crippen molar-refractivity contribution in [2.75, 3.05) is 13.2 Å². The van der Waals surface area contributed by atoms with Crippen LogP contribution in [0.25, 0.3) is 0 Å². The average molecular weight is 402 g/mol. The molecule has 6 nitrogen and oxygen atoms in total. The zero-order valence-corrected chi connectivity index (χ0v) is 14.9. The van der Waals surface area contributed by atoms with Crippen molar-refractivity contribution in [2.24, 2.45) is 0 Å². The second kappa shape index (κ2) is 8.07. The molecule has 1 aliphatic heterocycles. The lowest BCUT2D eigenvalue weighted by Crippen LogP contribution is -2.26. The second-order valence-corrected chi connectivity index (χ2v) is 6.37. The van der Waals surface area contributed by atoms with Gasteiger partial charge in [-0.2, -0.15) is 0 Å². The summed E-state index contributed by atoms with van der Waals surface area (Å²) in [6, 6.07) is 3.33. The van der Waals surface area contributed by atoms with Crippen molar-refractivity contribution in [2.45, 2.75) is 18.9 Å². The maximum atomic E-state index is 13.8. The number of halogens is 3. The Morgan fingerprint density at radius 1 is 1.23 bits per heavy atom. The number of aromatic nitrogens is 1. The number of rotatable bonds is 5. The molecule has 0 unspecified atom stereocenters. The van der Waals surface area contributed by atoms with Gasteiger partial charge in [-0.15, -0.1) is 0 Å². The van der Waals surface area contributed by atoms with Crippen LogP contribution in [0, 0.1) is 5.82 Å². The van der Waals surface area contributed by atoms with Gasteiger partial charge in [0.05, 0.1) is 30.0 Å². The average Bonchev–Trinajstić information content (AvgIpc) is 2.61. The molecule has 0 saturated carbocycles. The zero-order chi connectivity index (χ0) is 18.7. The molecule has 9 heteroatoms. The van der Waals surface area contributed by atoms with Gasteiger partial charge in [0.2, 0.25) is 5.88 Å². The van der Waals surface area contributed by atoms with Crippen LogP contribution in [0.15, 0.2) is 24.4 Å². The number of nitrogens with zero attached hydrogens (tertiary/aromatic N) is 1. The van der Waals surface area contributed by atoms with Crippen LogP contribution < -0.4 is 9.47 Å². The van der Waals surface area contributed by atoms with Gasteiger partial charge in [-0.05, 0) is 6.07 Å². The van der Waals surface area contributed by atoms with E-state index in [0.717, 1.165) is 25.0 Å². The molecule has 2 heterocycles. The molecule has 0 atom stereocenters. The zero-order valence-electron chi connectivity index (χ0n) is 13.4. The van der Waals surface area contributed by atoms with Crippen LogP contribution in [0.1, 0.15) is 23.2 Å². The Balaban J connectivity index is 1.75. The third-order valence-electron chi connectivity index (χ3n) is 3.71. The number of ether oxygens (including phenoxy) is 3. The first-order chi connectivity index (χ1) is 12.4. The van der Waals surface area contributed by atoms with E-state index in [1.807, 2.05) is 0 Å². The van der Waals surface area contributed by atoms with E-state index in [1.165, 1.54) is 12.3 Å². The minimum absolute atomic E-state index is 0.0207. The van der Waals surface area contributed by atoms with Crippen molar-refractivity contribution in [1.29, 1.82) is 0 Å². The number of hydrogen-bond acceptors (Lipinski definition) is 5. The smallest absolute Gasteiger partial charge is 0.338 e. The number of hydrogen-bond donors (Lipinski definition) is 1. The van der Waals surface area contributed by atoms with Crippen molar-refractivity contribution in [3.8, 4) is 17.4 Å². The third kappa shape index (κ3) is 4.35. The maximum Gasteiger partial charge on any atom is 0.338 e. The molecule has 2 aromatic rings. The van der Waals surface area contributed by atoms with E-state index in [2.05, 4.69) is 4.98 Å². The van der Waals surface area contributed by atoms with Gasteiger partial charge >= 0.3 is 5.97 Å². The van der Waals surface area contributed by atoms with Gasteiger partial charge in [-0.1, -0.05) is 23.2 Å². The van der Waals surface area contributed by atoms with E-state index >= 15 is 0 Å². The Labute approximate surface area is 158 Å². The normalized spacial score (nSPS) is 14.9. The van der Waals surface area contributed by atoms with Gasteiger partial charge in [0.25, 0.3) is 0 Å². The third-order valence-corrected chi connectivity index (χ3v) is 4.27. The number of carboxylic acid groups (broad SMARTS) is 1. The highest BCUT2D eigenvalue weighted by Gasteiger charge is 2.19. The molecule has 3 rings (SSSR count). The summed E-state index contributed by atoms with van der Waals surface area (Å²) in [5.41, 5.74) is -0.543. The van der Waals surface area contributed by atoms with Gasteiger partial charge in [0.15, 0.2) is 0 Å². The molecule has 1 aromatic carbocycles. The molecule has 0 radical (unpaired) electrons. The minimum Gasteiger partial charge on any atom is -0.478 e. The van der Waals surface area contributed by atoms with Crippen LogP contribution in [-0.2, 0) is 4.74 Å². The van der Waals surface area contributed by atoms with Crippen molar-refractivity contribution in [1.82, 2.24) is 4.98 Å². The summed E-state index contributed by atoms with van der Waals surface area (Å²) < 4.78 is 30.3. The van der Waals surface area contributed by atoms with Crippen molar-refractivity contribution in [3.05, 3.63) is 45.8 Å². The number of carboxylic acids is 1. The Hall–Kier alpha value is -2.09. The highest BCUT2D eigenvalue weighted by molar-refractivity contribution is 6.32. The highest BCUT2D eigenvalue weighted by Crippen LogP contribution is 2.34. The summed E-state index contributed by atoms with van der Waals surface area (Å²) in [6.07, 6.45) is 2.84. The summed E-state index contributed by atoms with van der Waals surface area (Å²) in [6.45, 7) is 1.25. The van der Waals surface area contributed by atoms with Crippen molar-refractivity contribution < 1.29 is 28.5 Å². The van der Waals surface area contributed by atoms with Gasteiger partial charge < -0.3 is 19.3 Å². The molecule has 1 fully saturated rings. The Bertz CT molecular complexity index is 827. The molecule has 0 spiro atoms. The lowest BCUT2D eigenvalue weighted by Gasteiger charge is -2.23. The number of carbonyl (C=O) groups is 1. The molecule has 1 N–H and O–H groups in total. The van der Waals surface area contributed by atoms with Crippen LogP contribution in [-0.4, -0.2) is 35.4 Å². The molecular formula is C17H14Cl2FNO5. The number of pyridine rings is 1. The van der Waals surface area contributed by atoms with E-state index in [-0.39, 0.29) is 33.5 Å². The first-order valence-electron chi connectivity index (χ1n) is 7.74. The largest absolute Gasteiger partial charge is 0.478 e. The summed E-state index contributed by atoms with van der Waals surface area (Å²) in [5.74, 6) is -1.96. The lowest BCUT2D eigenvalue weighted by atomic mass is 10.1. The fourth-order valence-corrected chi connectivity index (χ4v) is 2.80. The first kappa shape index (κ1) is 18.7. The summed E-state index contributed by atoms with van der Waals surface area (Å²) in [4.78, 5) is 15.0. The molecule has 0 bridgehead atoms. The molecule has 26 heavy (non-hydrogen) atoms. The van der Waals surface area contributed by atoms with E-state index in [9.17, 15) is 9.18 Å². The maximum absolute atomic E-state index is 13.8. The van der Waals surface area contributed by atoms with Gasteiger partial charge in [0, 0.05) is 25.0 Å². The summed E-state index contributed by atoms with van der Waals surface area (Å²) >= 11 is 12.1. The highest BCUT2D eigenvalue weighted by atomic mass is 35.5. The molecule has 1 saturated heterocycles. The Kier molecular flexibility index (Phi) is 5.80. The Morgan fingerprint density at radius 3 is 2.62 bits per heavy atom. The molecule has 0 aliphatic carbocycles. The molecule has 1 aromatic heterocycles. The fourth-order valence-electron chi connectivity index (χ4n) is 2.40. The molecule has 138 valence electrons. The van der Waals surface area contributed by atoms with Crippen molar-refractivity contribution in [3.63, 3.8) is 0 Å². The van der Waals surface area contributed by atoms with Crippen LogP contribution in [0.2, 0.25) is 10.0 Å². The topological polar surface area (TPSA) is 77.9 Å². The van der Waals surface area contributed by atoms with Gasteiger partial charge in [-0.25, -0.2) is 14.2 Å². The van der Waals surface area contributed by atoms with Gasteiger partial charge in [0.1, 0.15) is 28.4 Å². The number of aromatic carboxylic acids is 1. The van der Waals surface area contributed by atoms with E-state index in [0.29, 0.717) is 13.2 Å². The molecular weight excluding hydrogens is 388 g/mol. The fraction of sp³-hybridized carbons (Fsp3) is 0.294. The second-order valence-electron chi connectivity index (χ2n) is 5.56. The summed E-state index contributed by atoms with van der Waals surface area (Å²) in [5, 5.41) is 9.06. The monoisotopic (exact) mass is 401 g/mol. The van der Waals surface area contributed by atoms with E-state index < -0.39 is 17.3 Å². The predicted octanol–water partition coefficient (Wildman–Crippen LogP) is 4.58. The van der Waals surface area contributed by atoms with Crippen LogP contribution >= 0.6 is 23.2 Å². The molecule has 1 aliphatic rings. The van der Waals surface area contributed by atoms with E-state index in [4.69, 9.17) is 42.5 Å². The van der Waals surface area contributed by atoms with Crippen molar-refractivity contribution >= 4 is 29.2 Å². The van der Waals surface area contributed by atoms with E-state index in [1.54, 1.807) is 0 Å².